The van der Waals surface area contributed by atoms with Gasteiger partial charge in [0.2, 0.25) is 0 Å². The molecule has 4 heteroatoms. The van der Waals surface area contributed by atoms with Gasteiger partial charge in [-0.1, -0.05) is 0 Å². The van der Waals surface area contributed by atoms with E-state index in [-0.39, 0.29) is 0 Å². The van der Waals surface area contributed by atoms with Gasteiger partial charge in [-0.25, -0.2) is 0 Å². The van der Waals surface area contributed by atoms with Crippen LogP contribution in [0.2, 0.25) is 0 Å². The number of aldehydes is 1. The molecule has 1 heterocycles. The van der Waals surface area contributed by atoms with E-state index in [0.29, 0.717) is 24.5 Å². The number of rotatable bonds is 8. The minimum absolute atomic E-state index is 0.562. The molecule has 0 aliphatic carbocycles. The predicted octanol–water partition coefficient (Wildman–Crippen LogP) is 2.76. The summed E-state index contributed by atoms with van der Waals surface area (Å²) in [7, 11) is 0. The molecule has 1 aromatic rings. The first kappa shape index (κ1) is 14.9. The lowest BCUT2D eigenvalue weighted by molar-refractivity contribution is 0.112. The molecule has 0 atom stereocenters. The van der Waals surface area contributed by atoms with Crippen LogP contribution in [0.4, 0.5) is 0 Å². The molecule has 0 bridgehead atoms. The van der Waals surface area contributed by atoms with Crippen molar-refractivity contribution in [2.45, 2.75) is 26.2 Å². The Morgan fingerprint density at radius 3 is 2.70 bits per heavy atom. The van der Waals surface area contributed by atoms with Gasteiger partial charge in [0.05, 0.1) is 13.2 Å². The SMILES string of the molecule is CCOc1cc(C=O)ccc1OCCCN1CCCC1. The van der Waals surface area contributed by atoms with Gasteiger partial charge in [-0.3, -0.25) is 4.79 Å². The maximum atomic E-state index is 10.8. The zero-order valence-corrected chi connectivity index (χ0v) is 12.1. The van der Waals surface area contributed by atoms with Gasteiger partial charge in [-0.05, 0) is 57.5 Å². The highest BCUT2D eigenvalue weighted by Crippen LogP contribution is 2.28. The molecule has 1 aliphatic heterocycles. The minimum atomic E-state index is 0.562. The smallest absolute Gasteiger partial charge is 0.161 e. The lowest BCUT2D eigenvalue weighted by Crippen LogP contribution is -2.21. The second-order valence-electron chi connectivity index (χ2n) is 5.01. The molecule has 110 valence electrons. The van der Waals surface area contributed by atoms with Crippen molar-refractivity contribution in [1.29, 1.82) is 0 Å². The molecule has 0 spiro atoms. The van der Waals surface area contributed by atoms with Gasteiger partial charge in [-0.15, -0.1) is 0 Å². The first-order valence-electron chi connectivity index (χ1n) is 7.40. The molecule has 1 saturated heterocycles. The molecule has 0 radical (unpaired) electrons. The topological polar surface area (TPSA) is 38.8 Å². The summed E-state index contributed by atoms with van der Waals surface area (Å²) in [6.45, 7) is 6.70. The highest BCUT2D eigenvalue weighted by atomic mass is 16.5. The van der Waals surface area contributed by atoms with E-state index >= 15 is 0 Å². The summed E-state index contributed by atoms with van der Waals surface area (Å²) in [5.74, 6) is 1.37. The van der Waals surface area contributed by atoms with E-state index in [1.807, 2.05) is 13.0 Å². The molecule has 1 fully saturated rings. The third kappa shape index (κ3) is 4.23. The van der Waals surface area contributed by atoms with Crippen LogP contribution in [0.5, 0.6) is 11.5 Å². The summed E-state index contributed by atoms with van der Waals surface area (Å²) in [6.07, 6.45) is 4.48. The highest BCUT2D eigenvalue weighted by molar-refractivity contribution is 5.76. The number of carbonyl (C=O) groups is 1. The fourth-order valence-corrected chi connectivity index (χ4v) is 2.46. The summed E-state index contributed by atoms with van der Waals surface area (Å²) in [5, 5.41) is 0. The summed E-state index contributed by atoms with van der Waals surface area (Å²) in [5.41, 5.74) is 0.609. The van der Waals surface area contributed by atoms with Crippen molar-refractivity contribution in [3.63, 3.8) is 0 Å². The van der Waals surface area contributed by atoms with E-state index in [1.54, 1.807) is 12.1 Å². The largest absolute Gasteiger partial charge is 0.490 e. The van der Waals surface area contributed by atoms with Gasteiger partial charge >= 0.3 is 0 Å². The Balaban J connectivity index is 1.82. The van der Waals surface area contributed by atoms with E-state index in [1.165, 1.54) is 25.9 Å². The standard InChI is InChI=1S/C16H23NO3/c1-2-19-16-12-14(13-18)6-7-15(16)20-11-5-10-17-8-3-4-9-17/h6-7,12-13H,2-5,8-11H2,1H3. The monoisotopic (exact) mass is 277 g/mol. The van der Waals surface area contributed by atoms with Crippen LogP contribution in [0.1, 0.15) is 36.5 Å². The van der Waals surface area contributed by atoms with Crippen LogP contribution < -0.4 is 9.47 Å². The average Bonchev–Trinajstić information content (AvgIpc) is 2.98. The fourth-order valence-electron chi connectivity index (χ4n) is 2.46. The normalized spacial score (nSPS) is 15.2. The number of likely N-dealkylation sites (tertiary alicyclic amines) is 1. The summed E-state index contributed by atoms with van der Waals surface area (Å²) >= 11 is 0. The Hall–Kier alpha value is -1.55. The second kappa shape index (κ2) is 7.90. The van der Waals surface area contributed by atoms with E-state index in [0.717, 1.165) is 25.0 Å². The Kier molecular flexibility index (Phi) is 5.87. The van der Waals surface area contributed by atoms with Crippen molar-refractivity contribution in [2.24, 2.45) is 0 Å². The van der Waals surface area contributed by atoms with Gasteiger partial charge in [0, 0.05) is 12.1 Å². The molecular weight excluding hydrogens is 254 g/mol. The molecule has 0 saturated carbocycles. The maximum Gasteiger partial charge on any atom is 0.161 e. The molecule has 4 nitrogen and oxygen atoms in total. The van der Waals surface area contributed by atoms with E-state index in [2.05, 4.69) is 4.90 Å². The Morgan fingerprint density at radius 1 is 1.20 bits per heavy atom. The van der Waals surface area contributed by atoms with Crippen LogP contribution in [0.25, 0.3) is 0 Å². The summed E-state index contributed by atoms with van der Waals surface area (Å²) < 4.78 is 11.3. The summed E-state index contributed by atoms with van der Waals surface area (Å²) in [6, 6.07) is 5.29. The molecule has 0 unspecified atom stereocenters. The first-order valence-corrected chi connectivity index (χ1v) is 7.40. The third-order valence-electron chi connectivity index (χ3n) is 3.48. The minimum Gasteiger partial charge on any atom is -0.490 e. The van der Waals surface area contributed by atoms with Crippen LogP contribution in [0.3, 0.4) is 0 Å². The van der Waals surface area contributed by atoms with Crippen LogP contribution >= 0.6 is 0 Å². The number of benzene rings is 1. The Labute approximate surface area is 120 Å². The number of nitrogens with zero attached hydrogens (tertiary/aromatic N) is 1. The number of hydrogen-bond acceptors (Lipinski definition) is 4. The van der Waals surface area contributed by atoms with Crippen LogP contribution in [-0.2, 0) is 0 Å². The maximum absolute atomic E-state index is 10.8. The average molecular weight is 277 g/mol. The van der Waals surface area contributed by atoms with Crippen molar-refractivity contribution >= 4 is 6.29 Å². The molecule has 1 aliphatic rings. The van der Waals surface area contributed by atoms with E-state index < -0.39 is 0 Å². The first-order chi connectivity index (χ1) is 9.83. The van der Waals surface area contributed by atoms with Crippen molar-refractivity contribution in [3.8, 4) is 11.5 Å². The van der Waals surface area contributed by atoms with Crippen LogP contribution in [0, 0.1) is 0 Å². The fraction of sp³-hybridized carbons (Fsp3) is 0.562. The van der Waals surface area contributed by atoms with Gasteiger partial charge in [0.25, 0.3) is 0 Å². The lowest BCUT2D eigenvalue weighted by Gasteiger charge is -2.15. The van der Waals surface area contributed by atoms with Crippen molar-refractivity contribution in [1.82, 2.24) is 4.90 Å². The number of carbonyl (C=O) groups excluding carboxylic acids is 1. The van der Waals surface area contributed by atoms with Crippen LogP contribution in [-0.4, -0.2) is 44.0 Å². The molecule has 1 aromatic carbocycles. The third-order valence-corrected chi connectivity index (χ3v) is 3.48. The lowest BCUT2D eigenvalue weighted by atomic mass is 10.2. The zero-order valence-electron chi connectivity index (χ0n) is 12.1. The Morgan fingerprint density at radius 2 is 2.00 bits per heavy atom. The summed E-state index contributed by atoms with van der Waals surface area (Å²) in [4.78, 5) is 13.3. The van der Waals surface area contributed by atoms with E-state index in [9.17, 15) is 4.79 Å². The highest BCUT2D eigenvalue weighted by Gasteiger charge is 2.11. The molecular formula is C16H23NO3. The van der Waals surface area contributed by atoms with Gasteiger partial charge in [-0.2, -0.15) is 0 Å². The Bertz CT molecular complexity index is 428. The molecule has 0 amide bonds. The van der Waals surface area contributed by atoms with Crippen molar-refractivity contribution in [3.05, 3.63) is 23.8 Å². The zero-order chi connectivity index (χ0) is 14.2. The van der Waals surface area contributed by atoms with Crippen molar-refractivity contribution in [2.75, 3.05) is 32.8 Å². The molecule has 20 heavy (non-hydrogen) atoms. The second-order valence-corrected chi connectivity index (χ2v) is 5.01. The number of ether oxygens (including phenoxy) is 2. The van der Waals surface area contributed by atoms with Gasteiger partial charge in [0.1, 0.15) is 6.29 Å². The van der Waals surface area contributed by atoms with E-state index in [4.69, 9.17) is 9.47 Å². The number of hydrogen-bond donors (Lipinski definition) is 0. The van der Waals surface area contributed by atoms with Crippen LogP contribution in [0.15, 0.2) is 18.2 Å². The molecule has 2 rings (SSSR count). The quantitative estimate of drug-likeness (QED) is 0.541. The molecule has 0 N–H and O–H groups in total. The predicted molar refractivity (Wildman–Crippen MR) is 78.8 cm³/mol. The van der Waals surface area contributed by atoms with Gasteiger partial charge < -0.3 is 14.4 Å². The van der Waals surface area contributed by atoms with Gasteiger partial charge in [0.15, 0.2) is 11.5 Å². The molecule has 0 aromatic heterocycles. The van der Waals surface area contributed by atoms with Crippen molar-refractivity contribution < 1.29 is 14.3 Å².